The lowest BCUT2D eigenvalue weighted by molar-refractivity contribution is -0.0367. The molecule has 3 heterocycles. The van der Waals surface area contributed by atoms with Crippen LogP contribution in [0.3, 0.4) is 0 Å². The summed E-state index contributed by atoms with van der Waals surface area (Å²) in [6, 6.07) is 1.87. The Balaban J connectivity index is 1.58. The van der Waals surface area contributed by atoms with Crippen LogP contribution < -0.4 is 10.2 Å². The van der Waals surface area contributed by atoms with Crippen molar-refractivity contribution in [1.82, 2.24) is 19.9 Å². The molecule has 1 saturated heterocycles. The molecule has 2 N–H and O–H groups in total. The number of carboxylic acids is 1. The van der Waals surface area contributed by atoms with E-state index in [9.17, 15) is 4.79 Å². The van der Waals surface area contributed by atoms with Gasteiger partial charge in [0.25, 0.3) is 0 Å². The lowest BCUT2D eigenvalue weighted by atomic mass is 10.3. The van der Waals surface area contributed by atoms with Gasteiger partial charge < -0.3 is 24.8 Å². The summed E-state index contributed by atoms with van der Waals surface area (Å²) in [5, 5.41) is 12.6. The highest BCUT2D eigenvalue weighted by Gasteiger charge is 2.19. The van der Waals surface area contributed by atoms with Crippen LogP contribution >= 0.6 is 11.3 Å². The molecular formula is C17H24N6O4S. The fourth-order valence-electron chi connectivity index (χ4n) is 2.85. The molecule has 0 radical (unpaired) electrons. The fraction of sp³-hybridized carbons (Fsp3) is 0.529. The monoisotopic (exact) mass is 408 g/mol. The maximum Gasteiger partial charge on any atom is 0.347 e. The Kier molecular flexibility index (Phi) is 7.09. The zero-order valence-electron chi connectivity index (χ0n) is 15.9. The number of nitrogens with zero attached hydrogens (tertiary/aromatic N) is 5. The van der Waals surface area contributed by atoms with Gasteiger partial charge in [0.2, 0.25) is 0 Å². The maximum atomic E-state index is 11.0. The van der Waals surface area contributed by atoms with E-state index in [0.29, 0.717) is 30.2 Å². The molecule has 1 aliphatic heterocycles. The number of aromatic nitrogens is 3. The van der Waals surface area contributed by atoms with Crippen LogP contribution in [0.1, 0.15) is 15.5 Å². The van der Waals surface area contributed by atoms with E-state index in [1.54, 1.807) is 7.11 Å². The molecule has 3 rings (SSSR count). The number of carbonyl (C=O) groups is 1. The highest BCUT2D eigenvalue weighted by atomic mass is 32.1. The first kappa shape index (κ1) is 20.4. The molecular weight excluding hydrogens is 384 g/mol. The zero-order valence-corrected chi connectivity index (χ0v) is 16.7. The summed E-state index contributed by atoms with van der Waals surface area (Å²) in [6.07, 6.45) is 1.33. The lowest BCUT2D eigenvalue weighted by Gasteiger charge is -2.35. The summed E-state index contributed by atoms with van der Waals surface area (Å²) in [6.45, 7) is 7.27. The molecule has 152 valence electrons. The summed E-state index contributed by atoms with van der Waals surface area (Å²) in [4.78, 5) is 28.8. The first-order chi connectivity index (χ1) is 13.5. The average Bonchev–Trinajstić information content (AvgIpc) is 3.14. The second kappa shape index (κ2) is 9.73. The number of hydrogen-bond donors (Lipinski definition) is 2. The van der Waals surface area contributed by atoms with Crippen LogP contribution in [0.2, 0.25) is 0 Å². The minimum atomic E-state index is -0.990. The molecule has 0 unspecified atom stereocenters. The van der Waals surface area contributed by atoms with Gasteiger partial charge >= 0.3 is 5.97 Å². The molecule has 0 saturated carbocycles. The van der Waals surface area contributed by atoms with Crippen molar-refractivity contribution in [2.24, 2.45) is 0 Å². The number of rotatable bonds is 9. The summed E-state index contributed by atoms with van der Waals surface area (Å²) in [5.41, 5.74) is 0. The zero-order chi connectivity index (χ0) is 19.9. The van der Waals surface area contributed by atoms with Gasteiger partial charge in [-0.05, 0) is 6.92 Å². The first-order valence-electron chi connectivity index (χ1n) is 8.91. The van der Waals surface area contributed by atoms with Gasteiger partial charge in [0.15, 0.2) is 5.13 Å². The predicted octanol–water partition coefficient (Wildman–Crippen LogP) is 1.43. The normalized spacial score (nSPS) is 15.0. The van der Waals surface area contributed by atoms with E-state index in [4.69, 9.17) is 14.6 Å². The number of carboxylic acid groups (broad SMARTS) is 1. The van der Waals surface area contributed by atoms with Crippen molar-refractivity contribution < 1.29 is 19.4 Å². The van der Waals surface area contributed by atoms with Gasteiger partial charge in [-0.15, -0.1) is 0 Å². The maximum absolute atomic E-state index is 11.0. The highest BCUT2D eigenvalue weighted by molar-refractivity contribution is 7.17. The summed E-state index contributed by atoms with van der Waals surface area (Å²) < 4.78 is 10.2. The Morgan fingerprint density at radius 3 is 2.79 bits per heavy atom. The van der Waals surface area contributed by atoms with Gasteiger partial charge in [-0.2, -0.15) is 0 Å². The summed E-state index contributed by atoms with van der Waals surface area (Å²) in [7, 11) is 1.62. The number of aromatic carboxylic acids is 1. The standard InChI is InChI=1S/C17H24N6O4S/c1-12-19-14(21-17-18-10-13(28-17)16(24)25)9-15(20-12)23-5-3-22(4-6-23)7-8-27-11-26-2/h9-10H,3-8,11H2,1-2H3,(H,24,25)(H,18,19,20,21). The number of methoxy groups -OCH3 is 1. The molecule has 0 bridgehead atoms. The quantitative estimate of drug-likeness (QED) is 0.466. The predicted molar refractivity (Wildman–Crippen MR) is 106 cm³/mol. The van der Waals surface area contributed by atoms with Gasteiger partial charge in [0.1, 0.15) is 29.1 Å². The van der Waals surface area contributed by atoms with Crippen molar-refractivity contribution in [3.63, 3.8) is 0 Å². The molecule has 0 amide bonds. The molecule has 10 nitrogen and oxygen atoms in total. The van der Waals surface area contributed by atoms with Crippen LogP contribution in [0.15, 0.2) is 12.3 Å². The molecule has 0 aromatic carbocycles. The van der Waals surface area contributed by atoms with Gasteiger partial charge in [-0.1, -0.05) is 11.3 Å². The van der Waals surface area contributed by atoms with Crippen molar-refractivity contribution in [3.8, 4) is 0 Å². The Labute approximate surface area is 167 Å². The average molecular weight is 408 g/mol. The van der Waals surface area contributed by atoms with E-state index in [2.05, 4.69) is 30.1 Å². The summed E-state index contributed by atoms with van der Waals surface area (Å²) >= 11 is 1.07. The van der Waals surface area contributed by atoms with Crippen LogP contribution in [-0.2, 0) is 9.47 Å². The van der Waals surface area contributed by atoms with E-state index in [1.807, 2.05) is 13.0 Å². The van der Waals surface area contributed by atoms with Crippen molar-refractivity contribution in [2.75, 3.05) is 63.5 Å². The van der Waals surface area contributed by atoms with Crippen molar-refractivity contribution in [2.45, 2.75) is 6.92 Å². The number of piperazine rings is 1. The first-order valence-corrected chi connectivity index (χ1v) is 9.72. The van der Waals surface area contributed by atoms with E-state index in [0.717, 1.165) is 49.9 Å². The van der Waals surface area contributed by atoms with Gasteiger partial charge in [-0.25, -0.2) is 19.7 Å². The van der Waals surface area contributed by atoms with Crippen molar-refractivity contribution >= 4 is 34.1 Å². The molecule has 2 aromatic heterocycles. The molecule has 0 aliphatic carbocycles. The smallest absolute Gasteiger partial charge is 0.347 e. The number of ether oxygens (including phenoxy) is 2. The Hall–Kier alpha value is -2.34. The number of anilines is 3. The van der Waals surface area contributed by atoms with Crippen molar-refractivity contribution in [3.05, 3.63) is 23.0 Å². The number of thiazole rings is 1. The Morgan fingerprint density at radius 1 is 1.32 bits per heavy atom. The van der Waals surface area contributed by atoms with Crippen LogP contribution in [-0.4, -0.2) is 84.2 Å². The highest BCUT2D eigenvalue weighted by Crippen LogP contribution is 2.24. The topological polar surface area (TPSA) is 113 Å². The number of nitrogens with one attached hydrogen (secondary N) is 1. The van der Waals surface area contributed by atoms with Gasteiger partial charge in [0, 0.05) is 45.9 Å². The fourth-order valence-corrected chi connectivity index (χ4v) is 3.52. The number of hydrogen-bond acceptors (Lipinski definition) is 10. The molecule has 1 aliphatic rings. The second-order valence-corrected chi connectivity index (χ2v) is 7.29. The van der Waals surface area contributed by atoms with E-state index in [-0.39, 0.29) is 4.88 Å². The van der Waals surface area contributed by atoms with Crippen LogP contribution in [0.25, 0.3) is 0 Å². The molecule has 0 spiro atoms. The Bertz CT molecular complexity index is 794. The second-order valence-electron chi connectivity index (χ2n) is 6.26. The molecule has 2 aromatic rings. The minimum absolute atomic E-state index is 0.180. The third kappa shape index (κ3) is 5.58. The molecule has 0 atom stereocenters. The van der Waals surface area contributed by atoms with Crippen LogP contribution in [0.4, 0.5) is 16.8 Å². The lowest BCUT2D eigenvalue weighted by Crippen LogP contribution is -2.47. The van der Waals surface area contributed by atoms with Gasteiger partial charge in [0.05, 0.1) is 12.8 Å². The van der Waals surface area contributed by atoms with Gasteiger partial charge in [-0.3, -0.25) is 4.90 Å². The third-order valence-corrected chi connectivity index (χ3v) is 5.13. The Morgan fingerprint density at radius 2 is 2.11 bits per heavy atom. The van der Waals surface area contributed by atoms with Crippen molar-refractivity contribution in [1.29, 1.82) is 0 Å². The van der Waals surface area contributed by atoms with E-state index < -0.39 is 5.97 Å². The van der Waals surface area contributed by atoms with Crippen LogP contribution in [0.5, 0.6) is 0 Å². The largest absolute Gasteiger partial charge is 0.477 e. The number of aryl methyl sites for hydroxylation is 1. The van der Waals surface area contributed by atoms with E-state index in [1.165, 1.54) is 6.20 Å². The van der Waals surface area contributed by atoms with E-state index >= 15 is 0 Å². The third-order valence-electron chi connectivity index (χ3n) is 4.23. The minimum Gasteiger partial charge on any atom is -0.477 e. The SMILES string of the molecule is COCOCCN1CCN(c2cc(Nc3ncc(C(=O)O)s3)nc(C)n2)CC1. The molecule has 11 heteroatoms. The van der Waals surface area contributed by atoms with Crippen LogP contribution in [0, 0.1) is 6.92 Å². The molecule has 1 fully saturated rings. The summed E-state index contributed by atoms with van der Waals surface area (Å²) in [5.74, 6) is 1.10. The molecule has 28 heavy (non-hydrogen) atoms.